The van der Waals surface area contributed by atoms with Gasteiger partial charge >= 0.3 is 5.97 Å². The monoisotopic (exact) mass is 387 g/mol. The fraction of sp³-hybridized carbons (Fsp3) is 0.583. The Morgan fingerprint density at radius 1 is 1.11 bits per heavy atom. The highest BCUT2D eigenvalue weighted by Crippen LogP contribution is 2.13. The summed E-state index contributed by atoms with van der Waals surface area (Å²) in [5.74, 6) is 0.0549. The standard InChI is InChI=1S/C24H37NO3/c1-4-5-6-7-8-9-10-11-12-16-23(25-27)24(26)28-19-22-15-13-14-21(18-22)17-20(2)3/h4,13-15,18,20,27H,1,5-12,16-17,19H2,2-3H3. The predicted octanol–water partition coefficient (Wildman–Crippen LogP) is 6.46. The third kappa shape index (κ3) is 10.9. The Hall–Kier alpha value is -2.10. The summed E-state index contributed by atoms with van der Waals surface area (Å²) in [4.78, 5) is 12.2. The molecule has 4 nitrogen and oxygen atoms in total. The lowest BCUT2D eigenvalue weighted by atomic mass is 10.0. The fourth-order valence-electron chi connectivity index (χ4n) is 3.21. The highest BCUT2D eigenvalue weighted by Gasteiger charge is 2.14. The van der Waals surface area contributed by atoms with Gasteiger partial charge in [0.25, 0.3) is 0 Å². The number of carbonyl (C=O) groups is 1. The molecule has 1 aromatic rings. The predicted molar refractivity (Wildman–Crippen MR) is 116 cm³/mol. The van der Waals surface area contributed by atoms with E-state index in [4.69, 9.17) is 9.94 Å². The molecule has 0 fully saturated rings. The normalized spacial score (nSPS) is 11.6. The van der Waals surface area contributed by atoms with Crippen LogP contribution in [-0.2, 0) is 22.6 Å². The van der Waals surface area contributed by atoms with Gasteiger partial charge in [0.2, 0.25) is 0 Å². The molecule has 0 aliphatic heterocycles. The zero-order valence-corrected chi connectivity index (χ0v) is 17.7. The summed E-state index contributed by atoms with van der Waals surface area (Å²) in [6.07, 6.45) is 12.5. The Balaban J connectivity index is 2.26. The first-order valence-electron chi connectivity index (χ1n) is 10.6. The van der Waals surface area contributed by atoms with Crippen molar-refractivity contribution in [2.75, 3.05) is 0 Å². The van der Waals surface area contributed by atoms with E-state index >= 15 is 0 Å². The molecule has 4 heteroatoms. The van der Waals surface area contributed by atoms with E-state index in [9.17, 15) is 4.79 Å². The van der Waals surface area contributed by atoms with E-state index in [-0.39, 0.29) is 12.3 Å². The Kier molecular flexibility index (Phi) is 12.7. The Labute approximate surface area is 170 Å². The van der Waals surface area contributed by atoms with E-state index in [0.29, 0.717) is 12.3 Å². The molecule has 0 bridgehead atoms. The van der Waals surface area contributed by atoms with Gasteiger partial charge in [-0.05, 0) is 42.7 Å². The number of hydrogen-bond donors (Lipinski definition) is 1. The minimum absolute atomic E-state index is 0.115. The van der Waals surface area contributed by atoms with Gasteiger partial charge in [-0.25, -0.2) is 4.79 Å². The maximum Gasteiger partial charge on any atom is 0.356 e. The summed E-state index contributed by atoms with van der Waals surface area (Å²) in [6, 6.07) is 8.09. The SMILES string of the molecule is C=CCCCCCCCCCC(=NO)C(=O)OCc1cccc(CC(C)C)c1. The van der Waals surface area contributed by atoms with Gasteiger partial charge in [0.05, 0.1) is 0 Å². The number of benzene rings is 1. The maximum atomic E-state index is 12.2. The van der Waals surface area contributed by atoms with E-state index in [1.54, 1.807) is 0 Å². The van der Waals surface area contributed by atoms with Crippen molar-refractivity contribution in [1.29, 1.82) is 0 Å². The van der Waals surface area contributed by atoms with E-state index in [1.165, 1.54) is 31.2 Å². The first kappa shape index (κ1) is 23.9. The first-order valence-corrected chi connectivity index (χ1v) is 10.6. The summed E-state index contributed by atoms with van der Waals surface area (Å²) >= 11 is 0. The van der Waals surface area contributed by atoms with Crippen molar-refractivity contribution in [2.45, 2.75) is 84.7 Å². The lowest BCUT2D eigenvalue weighted by molar-refractivity contribution is -0.137. The third-order valence-electron chi connectivity index (χ3n) is 4.68. The van der Waals surface area contributed by atoms with Crippen LogP contribution in [0.3, 0.4) is 0 Å². The van der Waals surface area contributed by atoms with Gasteiger partial charge in [-0.2, -0.15) is 0 Å². The van der Waals surface area contributed by atoms with Gasteiger partial charge in [-0.15, -0.1) is 6.58 Å². The van der Waals surface area contributed by atoms with Gasteiger partial charge in [-0.1, -0.05) is 81.4 Å². The molecule has 0 spiro atoms. The topological polar surface area (TPSA) is 58.9 Å². The second-order valence-electron chi connectivity index (χ2n) is 7.84. The molecular formula is C24H37NO3. The molecule has 0 atom stereocenters. The van der Waals surface area contributed by atoms with Crippen LogP contribution >= 0.6 is 0 Å². The van der Waals surface area contributed by atoms with Crippen LogP contribution in [0.5, 0.6) is 0 Å². The van der Waals surface area contributed by atoms with E-state index in [2.05, 4.69) is 37.7 Å². The number of allylic oxidation sites excluding steroid dienone is 1. The number of carbonyl (C=O) groups excluding carboxylic acids is 1. The van der Waals surface area contributed by atoms with Gasteiger partial charge in [0.15, 0.2) is 5.71 Å². The Morgan fingerprint density at radius 3 is 2.39 bits per heavy atom. The molecule has 0 aliphatic carbocycles. The number of nitrogens with zero attached hydrogens (tertiary/aromatic N) is 1. The van der Waals surface area contributed by atoms with Crippen LogP contribution in [-0.4, -0.2) is 16.9 Å². The molecule has 0 aliphatic rings. The molecule has 0 saturated heterocycles. The molecule has 0 saturated carbocycles. The molecule has 1 rings (SSSR count). The van der Waals surface area contributed by atoms with Crippen molar-refractivity contribution in [1.82, 2.24) is 0 Å². The Morgan fingerprint density at radius 2 is 1.75 bits per heavy atom. The van der Waals surface area contributed by atoms with Crippen molar-refractivity contribution in [3.8, 4) is 0 Å². The quantitative estimate of drug-likeness (QED) is 0.0938. The molecule has 0 aromatic heterocycles. The summed E-state index contributed by atoms with van der Waals surface area (Å²) in [5, 5.41) is 12.3. The zero-order chi connectivity index (χ0) is 20.6. The molecule has 0 radical (unpaired) electrons. The number of hydrogen-bond acceptors (Lipinski definition) is 4. The largest absolute Gasteiger partial charge is 0.456 e. The van der Waals surface area contributed by atoms with Crippen molar-refractivity contribution < 1.29 is 14.7 Å². The van der Waals surface area contributed by atoms with Gasteiger partial charge in [-0.3, -0.25) is 0 Å². The van der Waals surface area contributed by atoms with Gasteiger partial charge in [0.1, 0.15) is 6.61 Å². The molecule has 156 valence electrons. The highest BCUT2D eigenvalue weighted by molar-refractivity contribution is 6.36. The number of unbranched alkanes of at least 4 members (excludes halogenated alkanes) is 7. The highest BCUT2D eigenvalue weighted by atomic mass is 16.5. The number of ether oxygens (including phenoxy) is 1. The lowest BCUT2D eigenvalue weighted by Crippen LogP contribution is -2.17. The van der Waals surface area contributed by atoms with Crippen molar-refractivity contribution >= 4 is 11.7 Å². The molecule has 28 heavy (non-hydrogen) atoms. The zero-order valence-electron chi connectivity index (χ0n) is 17.7. The average Bonchev–Trinajstić information content (AvgIpc) is 2.67. The number of esters is 1. The molecule has 1 N–H and O–H groups in total. The van der Waals surface area contributed by atoms with Crippen LogP contribution in [0, 0.1) is 5.92 Å². The van der Waals surface area contributed by atoms with Crippen LogP contribution < -0.4 is 0 Å². The van der Waals surface area contributed by atoms with Crippen LogP contribution in [0.2, 0.25) is 0 Å². The summed E-state index contributed by atoms with van der Waals surface area (Å²) in [6.45, 7) is 8.30. The van der Waals surface area contributed by atoms with Gasteiger partial charge in [0, 0.05) is 6.42 Å². The molecule has 0 amide bonds. The summed E-state index contributed by atoms with van der Waals surface area (Å²) in [7, 11) is 0. The fourth-order valence-corrected chi connectivity index (χ4v) is 3.21. The first-order chi connectivity index (χ1) is 13.6. The van der Waals surface area contributed by atoms with E-state index in [1.807, 2.05) is 18.2 Å². The van der Waals surface area contributed by atoms with Crippen molar-refractivity contribution in [3.05, 3.63) is 48.0 Å². The average molecular weight is 388 g/mol. The third-order valence-corrected chi connectivity index (χ3v) is 4.68. The second-order valence-corrected chi connectivity index (χ2v) is 7.84. The molecule has 0 heterocycles. The van der Waals surface area contributed by atoms with Crippen molar-refractivity contribution in [3.63, 3.8) is 0 Å². The smallest absolute Gasteiger partial charge is 0.356 e. The molecule has 0 unspecified atom stereocenters. The summed E-state index contributed by atoms with van der Waals surface area (Å²) in [5.41, 5.74) is 2.31. The van der Waals surface area contributed by atoms with Crippen LogP contribution in [0.4, 0.5) is 0 Å². The molecule has 1 aromatic carbocycles. The second kappa shape index (κ2) is 14.9. The Bertz CT molecular complexity index is 608. The number of rotatable bonds is 15. The van der Waals surface area contributed by atoms with Crippen LogP contribution in [0.25, 0.3) is 0 Å². The maximum absolute atomic E-state index is 12.2. The number of oxime groups is 1. The van der Waals surface area contributed by atoms with Gasteiger partial charge < -0.3 is 9.94 Å². The van der Waals surface area contributed by atoms with E-state index < -0.39 is 5.97 Å². The molecular weight excluding hydrogens is 350 g/mol. The minimum atomic E-state index is -0.527. The van der Waals surface area contributed by atoms with Crippen LogP contribution in [0.1, 0.15) is 82.8 Å². The summed E-state index contributed by atoms with van der Waals surface area (Å²) < 4.78 is 5.34. The van der Waals surface area contributed by atoms with Crippen LogP contribution in [0.15, 0.2) is 42.1 Å². The lowest BCUT2D eigenvalue weighted by Gasteiger charge is -2.09. The van der Waals surface area contributed by atoms with E-state index in [0.717, 1.165) is 37.7 Å². The van der Waals surface area contributed by atoms with Crippen molar-refractivity contribution in [2.24, 2.45) is 11.1 Å². The minimum Gasteiger partial charge on any atom is -0.456 e.